The molecule has 39 heavy (non-hydrogen) atoms. The average molecular weight is 556 g/mol. The lowest BCUT2D eigenvalue weighted by Gasteiger charge is -2.33. The van der Waals surface area contributed by atoms with Gasteiger partial charge in [0.1, 0.15) is 11.8 Å². The van der Waals surface area contributed by atoms with Crippen LogP contribution in [-0.4, -0.2) is 80.9 Å². The van der Waals surface area contributed by atoms with Crippen LogP contribution in [0.3, 0.4) is 0 Å². The lowest BCUT2D eigenvalue weighted by Crippen LogP contribution is -2.59. The van der Waals surface area contributed by atoms with E-state index in [-0.39, 0.29) is 35.6 Å². The normalized spacial score (nSPS) is 21.8. The maximum Gasteiger partial charge on any atom is 0.254 e. The van der Waals surface area contributed by atoms with E-state index in [2.05, 4.69) is 10.6 Å². The molecule has 4 rings (SSSR count). The smallest absolute Gasteiger partial charge is 0.254 e. The predicted molar refractivity (Wildman–Crippen MR) is 149 cm³/mol. The highest BCUT2D eigenvalue weighted by Gasteiger charge is 2.50. The highest BCUT2D eigenvalue weighted by atomic mass is 32.2. The minimum absolute atomic E-state index is 0.0212. The number of nitrogens with zero attached hydrogens (tertiary/aromatic N) is 1. The number of carbonyl (C=O) groups is 3. The number of ether oxygens (including phenoxy) is 1. The van der Waals surface area contributed by atoms with Crippen molar-refractivity contribution in [3.63, 3.8) is 0 Å². The summed E-state index contributed by atoms with van der Waals surface area (Å²) in [6.45, 7) is 6.49. The molecule has 0 spiro atoms. The van der Waals surface area contributed by atoms with Crippen molar-refractivity contribution in [2.45, 2.75) is 69.1 Å². The SMILES string of the molecule is Cc1c(O)cccc1C(=O)N[C@@H](Cc1ccccc1)[C@H](O)C(=O)N1CSC(C)(C)[C@H]1C(=O)NC[C@@H]1CCCO1. The maximum absolute atomic E-state index is 13.7. The van der Waals surface area contributed by atoms with Crippen molar-refractivity contribution in [1.82, 2.24) is 15.5 Å². The van der Waals surface area contributed by atoms with Crippen LogP contribution in [0.5, 0.6) is 5.75 Å². The number of aliphatic hydroxyl groups is 1. The summed E-state index contributed by atoms with van der Waals surface area (Å²) in [5, 5.41) is 27.2. The first kappa shape index (κ1) is 28.9. The molecule has 3 amide bonds. The number of rotatable bonds is 9. The molecule has 2 aliphatic heterocycles. The van der Waals surface area contributed by atoms with E-state index >= 15 is 0 Å². The third kappa shape index (κ3) is 6.74. The molecule has 0 unspecified atom stereocenters. The van der Waals surface area contributed by atoms with Crippen LogP contribution in [-0.2, 0) is 20.7 Å². The van der Waals surface area contributed by atoms with Crippen molar-refractivity contribution >= 4 is 29.5 Å². The first-order chi connectivity index (χ1) is 18.6. The van der Waals surface area contributed by atoms with Crippen molar-refractivity contribution in [3.05, 3.63) is 65.2 Å². The fraction of sp³-hybridized carbons (Fsp3) is 0.483. The summed E-state index contributed by atoms with van der Waals surface area (Å²) in [6, 6.07) is 12.1. The van der Waals surface area contributed by atoms with E-state index in [4.69, 9.17) is 4.74 Å². The Labute approximate surface area is 233 Å². The quantitative estimate of drug-likeness (QED) is 0.374. The summed E-state index contributed by atoms with van der Waals surface area (Å²) >= 11 is 1.46. The number of amides is 3. The fourth-order valence-electron chi connectivity index (χ4n) is 5.10. The van der Waals surface area contributed by atoms with Crippen molar-refractivity contribution < 1.29 is 29.3 Å². The van der Waals surface area contributed by atoms with Gasteiger partial charge in [-0.05, 0) is 57.7 Å². The van der Waals surface area contributed by atoms with Crippen LogP contribution in [0.4, 0.5) is 0 Å². The number of hydrogen-bond donors (Lipinski definition) is 4. The van der Waals surface area contributed by atoms with Gasteiger partial charge in [-0.2, -0.15) is 0 Å². The molecule has 4 atom stereocenters. The van der Waals surface area contributed by atoms with Gasteiger partial charge in [-0.1, -0.05) is 36.4 Å². The van der Waals surface area contributed by atoms with E-state index in [0.29, 0.717) is 18.7 Å². The summed E-state index contributed by atoms with van der Waals surface area (Å²) < 4.78 is 5.03. The van der Waals surface area contributed by atoms with Crippen LogP contribution in [0.2, 0.25) is 0 Å². The van der Waals surface area contributed by atoms with E-state index in [0.717, 1.165) is 18.4 Å². The van der Waals surface area contributed by atoms with Crippen LogP contribution in [0.15, 0.2) is 48.5 Å². The van der Waals surface area contributed by atoms with Gasteiger partial charge in [0.25, 0.3) is 11.8 Å². The molecule has 0 bridgehead atoms. The minimum atomic E-state index is -1.60. The van der Waals surface area contributed by atoms with Gasteiger partial charge in [0, 0.05) is 29.0 Å². The van der Waals surface area contributed by atoms with Gasteiger partial charge in [0.15, 0.2) is 6.10 Å². The second-order valence-corrected chi connectivity index (χ2v) is 12.2. The molecule has 0 saturated carbocycles. The molecule has 2 aromatic carbocycles. The number of phenolic OH excluding ortho intramolecular Hbond substituents is 1. The Morgan fingerprint density at radius 1 is 1.15 bits per heavy atom. The molecule has 2 aromatic rings. The highest BCUT2D eigenvalue weighted by molar-refractivity contribution is 8.00. The van der Waals surface area contributed by atoms with Gasteiger partial charge in [-0.25, -0.2) is 0 Å². The molecule has 10 heteroatoms. The largest absolute Gasteiger partial charge is 0.508 e. The molecule has 2 fully saturated rings. The number of thioether (sulfide) groups is 1. The summed E-state index contributed by atoms with van der Waals surface area (Å²) in [6.07, 6.45) is 0.391. The van der Waals surface area contributed by atoms with Crippen molar-refractivity contribution in [2.75, 3.05) is 19.0 Å². The molecule has 0 radical (unpaired) electrons. The molecule has 2 aliphatic rings. The first-order valence-electron chi connectivity index (χ1n) is 13.2. The minimum Gasteiger partial charge on any atom is -0.508 e. The van der Waals surface area contributed by atoms with E-state index in [1.807, 2.05) is 44.2 Å². The summed E-state index contributed by atoms with van der Waals surface area (Å²) in [5.74, 6) is -1.22. The number of nitrogens with one attached hydrogen (secondary N) is 2. The Kier molecular flexibility index (Phi) is 9.19. The first-order valence-corrected chi connectivity index (χ1v) is 14.2. The molecule has 9 nitrogen and oxygen atoms in total. The Bertz CT molecular complexity index is 1180. The topological polar surface area (TPSA) is 128 Å². The summed E-state index contributed by atoms with van der Waals surface area (Å²) in [4.78, 5) is 41.7. The zero-order valence-corrected chi connectivity index (χ0v) is 23.4. The number of hydrogen-bond acceptors (Lipinski definition) is 7. The number of aromatic hydroxyl groups is 1. The van der Waals surface area contributed by atoms with Gasteiger partial charge < -0.3 is 30.5 Å². The molecular weight excluding hydrogens is 518 g/mol. The number of benzene rings is 2. The average Bonchev–Trinajstić information content (AvgIpc) is 3.55. The third-order valence-electron chi connectivity index (χ3n) is 7.40. The zero-order valence-electron chi connectivity index (χ0n) is 22.6. The number of aliphatic hydroxyl groups excluding tert-OH is 1. The monoisotopic (exact) mass is 555 g/mol. The van der Waals surface area contributed by atoms with Crippen LogP contribution in [0, 0.1) is 6.92 Å². The summed E-state index contributed by atoms with van der Waals surface area (Å²) in [7, 11) is 0. The van der Waals surface area contributed by atoms with Gasteiger partial charge in [-0.15, -0.1) is 11.8 Å². The van der Waals surface area contributed by atoms with Crippen LogP contribution in [0.25, 0.3) is 0 Å². The maximum atomic E-state index is 13.7. The molecule has 0 aromatic heterocycles. The zero-order chi connectivity index (χ0) is 28.2. The Hall–Kier alpha value is -3.08. The fourth-order valence-corrected chi connectivity index (χ4v) is 6.24. The van der Waals surface area contributed by atoms with Gasteiger partial charge in [0.05, 0.1) is 18.0 Å². The number of carbonyl (C=O) groups excluding carboxylic acids is 3. The highest BCUT2D eigenvalue weighted by Crippen LogP contribution is 2.40. The Morgan fingerprint density at radius 2 is 1.90 bits per heavy atom. The standard InChI is InChI=1S/C29H37N3O6S/c1-18-21(12-7-13-23(18)33)26(35)31-22(15-19-9-5-4-6-10-19)24(34)28(37)32-17-39-29(2,3)25(32)27(36)30-16-20-11-8-14-38-20/h4-7,9-10,12-13,20,22,24-25,33-34H,8,11,14-17H2,1-3H3,(H,30,36)(H,31,35)/t20-,22-,24-,25+/m0/s1. The van der Waals surface area contributed by atoms with Crippen LogP contribution < -0.4 is 10.6 Å². The molecule has 4 N–H and O–H groups in total. The van der Waals surface area contributed by atoms with Crippen molar-refractivity contribution in [1.29, 1.82) is 0 Å². The second kappa shape index (κ2) is 12.4. The summed E-state index contributed by atoms with van der Waals surface area (Å²) in [5.41, 5.74) is 1.47. The van der Waals surface area contributed by atoms with E-state index in [9.17, 15) is 24.6 Å². The van der Waals surface area contributed by atoms with Gasteiger partial charge >= 0.3 is 0 Å². The van der Waals surface area contributed by atoms with Crippen molar-refractivity contribution in [2.24, 2.45) is 0 Å². The van der Waals surface area contributed by atoms with E-state index in [1.165, 1.54) is 22.7 Å². The second-order valence-electron chi connectivity index (χ2n) is 10.6. The molecular formula is C29H37N3O6S. The molecule has 0 aliphatic carbocycles. The van der Waals surface area contributed by atoms with Gasteiger partial charge in [0.2, 0.25) is 5.91 Å². The Morgan fingerprint density at radius 3 is 2.59 bits per heavy atom. The molecule has 2 heterocycles. The third-order valence-corrected chi connectivity index (χ3v) is 8.78. The Balaban J connectivity index is 1.54. The number of phenols is 1. The van der Waals surface area contributed by atoms with Crippen LogP contribution >= 0.6 is 11.8 Å². The molecule has 210 valence electrons. The van der Waals surface area contributed by atoms with E-state index in [1.54, 1.807) is 19.1 Å². The van der Waals surface area contributed by atoms with Gasteiger partial charge in [-0.3, -0.25) is 14.4 Å². The molecule has 2 saturated heterocycles. The van der Waals surface area contributed by atoms with E-state index < -0.39 is 34.7 Å². The lowest BCUT2D eigenvalue weighted by molar-refractivity contribution is -0.147. The predicted octanol–water partition coefficient (Wildman–Crippen LogP) is 2.38. The lowest BCUT2D eigenvalue weighted by atomic mass is 9.96. The van der Waals surface area contributed by atoms with Crippen LogP contribution in [0.1, 0.15) is 48.2 Å². The van der Waals surface area contributed by atoms with Crippen molar-refractivity contribution in [3.8, 4) is 5.75 Å².